The molecule has 7 heteroatoms. The van der Waals surface area contributed by atoms with Crippen molar-refractivity contribution in [2.45, 2.75) is 45.1 Å². The number of amides is 1. The van der Waals surface area contributed by atoms with Gasteiger partial charge in [-0.2, -0.15) is 0 Å². The van der Waals surface area contributed by atoms with E-state index in [0.29, 0.717) is 5.82 Å². The van der Waals surface area contributed by atoms with Crippen LogP contribution < -0.4 is 11.1 Å². The lowest BCUT2D eigenvalue weighted by molar-refractivity contribution is -0.00890. The summed E-state index contributed by atoms with van der Waals surface area (Å²) in [5, 5.41) is 7.77. The van der Waals surface area contributed by atoms with Crippen LogP contribution in [0, 0.1) is 12.3 Å². The quantitative estimate of drug-likeness (QED) is 0.506. The molecule has 2 aliphatic rings. The Balaban J connectivity index is 1.47. The largest absolute Gasteiger partial charge is 0.376 e. The van der Waals surface area contributed by atoms with Crippen molar-refractivity contribution in [3.8, 4) is 5.69 Å². The molecule has 1 amide bonds. The van der Waals surface area contributed by atoms with Crippen molar-refractivity contribution in [3.05, 3.63) is 95.6 Å². The maximum atomic E-state index is 11.5. The normalized spacial score (nSPS) is 22.0. The number of carbonyl (C=O) groups is 1. The molecule has 1 fully saturated rings. The lowest BCUT2D eigenvalue weighted by Crippen LogP contribution is -2.47. The van der Waals surface area contributed by atoms with Crippen LogP contribution in [0.4, 0.5) is 0 Å². The molecule has 2 aromatic carbocycles. The van der Waals surface area contributed by atoms with Crippen molar-refractivity contribution in [1.82, 2.24) is 20.1 Å². The first-order valence-electron chi connectivity index (χ1n) is 12.9. The summed E-state index contributed by atoms with van der Waals surface area (Å²) in [6.07, 6.45) is 9.09. The Morgan fingerprint density at radius 3 is 2.54 bits per heavy atom. The third kappa shape index (κ3) is 4.89. The van der Waals surface area contributed by atoms with Crippen LogP contribution >= 0.6 is 0 Å². The van der Waals surface area contributed by atoms with Crippen LogP contribution in [-0.2, 0) is 10.2 Å². The van der Waals surface area contributed by atoms with Crippen molar-refractivity contribution < 1.29 is 9.53 Å². The van der Waals surface area contributed by atoms with Crippen molar-refractivity contribution in [3.63, 3.8) is 0 Å². The van der Waals surface area contributed by atoms with Gasteiger partial charge in [-0.1, -0.05) is 74.5 Å². The maximum Gasteiger partial charge on any atom is 0.288 e. The van der Waals surface area contributed by atoms with E-state index in [1.54, 1.807) is 4.68 Å². The third-order valence-electron chi connectivity index (χ3n) is 8.04. The van der Waals surface area contributed by atoms with Gasteiger partial charge >= 0.3 is 0 Å². The van der Waals surface area contributed by atoms with Gasteiger partial charge in [-0.05, 0) is 54.0 Å². The second-order valence-electron chi connectivity index (χ2n) is 10.6. The molecule has 1 aliphatic carbocycles. The third-order valence-corrected chi connectivity index (χ3v) is 8.04. The van der Waals surface area contributed by atoms with E-state index < -0.39 is 5.91 Å². The molecule has 1 saturated heterocycles. The first-order chi connectivity index (χ1) is 17.8. The lowest BCUT2D eigenvalue weighted by atomic mass is 9.56. The number of nitrogens with two attached hydrogens (primary N) is 1. The molecule has 7 nitrogen and oxygen atoms in total. The number of hydrogen-bond donors (Lipinski definition) is 2. The van der Waals surface area contributed by atoms with Crippen LogP contribution in [0.1, 0.15) is 54.3 Å². The summed E-state index contributed by atoms with van der Waals surface area (Å²) in [7, 11) is 0. The minimum atomic E-state index is -0.632. The summed E-state index contributed by atoms with van der Waals surface area (Å²) in [5.41, 5.74) is 9.64. The molecule has 5 rings (SSSR count). The number of nitrogens with one attached hydrogen (secondary N) is 1. The zero-order valence-corrected chi connectivity index (χ0v) is 21.8. The van der Waals surface area contributed by atoms with E-state index in [1.165, 1.54) is 16.7 Å². The summed E-state index contributed by atoms with van der Waals surface area (Å²) >= 11 is 0. The van der Waals surface area contributed by atoms with E-state index in [0.717, 1.165) is 38.2 Å². The number of hydrogen-bond acceptors (Lipinski definition) is 5. The molecule has 1 aliphatic heterocycles. The minimum absolute atomic E-state index is 0.0234. The number of allylic oxidation sites excluding steroid dienone is 4. The number of nitrogens with zero attached hydrogens (tertiary/aromatic N) is 3. The minimum Gasteiger partial charge on any atom is -0.376 e. The van der Waals surface area contributed by atoms with Crippen molar-refractivity contribution in [2.75, 3.05) is 19.7 Å². The first-order valence-corrected chi connectivity index (χ1v) is 12.9. The molecule has 0 bridgehead atoms. The molecule has 192 valence electrons. The van der Waals surface area contributed by atoms with E-state index in [2.05, 4.69) is 89.9 Å². The SMILES string of the molecule is Cc1nc(C(N)=O)nn1-c1ccc(C(C)(C)C2(CC3CNCCO3)C=CC(c3ccccc3)=CC2)cc1. The van der Waals surface area contributed by atoms with Crippen molar-refractivity contribution >= 4 is 11.5 Å². The highest BCUT2D eigenvalue weighted by atomic mass is 16.5. The molecule has 37 heavy (non-hydrogen) atoms. The van der Waals surface area contributed by atoms with Gasteiger partial charge in [-0.3, -0.25) is 4.79 Å². The Morgan fingerprint density at radius 2 is 1.95 bits per heavy atom. The highest BCUT2D eigenvalue weighted by Gasteiger charge is 2.46. The van der Waals surface area contributed by atoms with E-state index >= 15 is 0 Å². The van der Waals surface area contributed by atoms with Gasteiger partial charge in [0.15, 0.2) is 0 Å². The fraction of sp³-hybridized carbons (Fsp3) is 0.367. The van der Waals surface area contributed by atoms with Gasteiger partial charge < -0.3 is 15.8 Å². The number of primary amides is 1. The molecule has 3 N–H and O–H groups in total. The molecular formula is C30H35N5O2. The maximum absolute atomic E-state index is 11.5. The smallest absolute Gasteiger partial charge is 0.288 e. The Bertz CT molecular complexity index is 1320. The molecule has 2 unspecified atom stereocenters. The van der Waals surface area contributed by atoms with Gasteiger partial charge in [0.1, 0.15) is 5.82 Å². The standard InChI is InChI=1S/C30H35N5O2/c1-21-33-28(27(31)36)34-35(21)25-11-9-24(10-12-25)29(2,3)30(19-26-20-32-17-18-37-26)15-13-23(14-16-30)22-7-5-4-6-8-22/h4-15,26,32H,16-20H2,1-3H3,(H2,31,36). The summed E-state index contributed by atoms with van der Waals surface area (Å²) in [5.74, 6) is 0.0105. The average Bonchev–Trinajstić information content (AvgIpc) is 3.32. The van der Waals surface area contributed by atoms with Crippen LogP contribution in [0.5, 0.6) is 0 Å². The van der Waals surface area contributed by atoms with Gasteiger partial charge in [-0.15, -0.1) is 5.10 Å². The van der Waals surface area contributed by atoms with Crippen LogP contribution in [0.3, 0.4) is 0 Å². The van der Waals surface area contributed by atoms with Gasteiger partial charge in [0.2, 0.25) is 5.82 Å². The van der Waals surface area contributed by atoms with Crippen LogP contribution in [0.25, 0.3) is 11.3 Å². The van der Waals surface area contributed by atoms with E-state index in [4.69, 9.17) is 10.5 Å². The fourth-order valence-corrected chi connectivity index (χ4v) is 5.60. The van der Waals surface area contributed by atoms with E-state index in [1.807, 2.05) is 19.1 Å². The molecule has 0 spiro atoms. The zero-order chi connectivity index (χ0) is 26.0. The van der Waals surface area contributed by atoms with Crippen LogP contribution in [-0.4, -0.2) is 46.5 Å². The van der Waals surface area contributed by atoms with Crippen molar-refractivity contribution in [2.24, 2.45) is 11.1 Å². The predicted octanol–water partition coefficient (Wildman–Crippen LogP) is 4.36. The van der Waals surface area contributed by atoms with Crippen LogP contribution in [0.2, 0.25) is 0 Å². The first kappa shape index (κ1) is 25.1. The summed E-state index contributed by atoms with van der Waals surface area (Å²) in [4.78, 5) is 15.7. The van der Waals surface area contributed by atoms with Crippen LogP contribution in [0.15, 0.2) is 72.8 Å². The number of rotatable bonds is 7. The highest BCUT2D eigenvalue weighted by Crippen LogP contribution is 2.52. The molecule has 3 aromatic rings. The number of carbonyl (C=O) groups excluding carboxylic acids is 1. The van der Waals surface area contributed by atoms with E-state index in [9.17, 15) is 4.79 Å². The molecule has 1 aromatic heterocycles. The number of aryl methyl sites for hydroxylation is 1. The Labute approximate surface area is 218 Å². The Kier molecular flexibility index (Phi) is 6.84. The number of aromatic nitrogens is 3. The fourth-order valence-electron chi connectivity index (χ4n) is 5.60. The lowest BCUT2D eigenvalue weighted by Gasteiger charge is -2.48. The van der Waals surface area contributed by atoms with Gasteiger partial charge in [0, 0.05) is 18.5 Å². The zero-order valence-electron chi connectivity index (χ0n) is 21.8. The number of morpholine rings is 1. The molecule has 0 radical (unpaired) electrons. The topological polar surface area (TPSA) is 95.1 Å². The van der Waals surface area contributed by atoms with Crippen molar-refractivity contribution in [1.29, 1.82) is 0 Å². The molecule has 2 heterocycles. The summed E-state index contributed by atoms with van der Waals surface area (Å²) < 4.78 is 7.84. The van der Waals surface area contributed by atoms with E-state index in [-0.39, 0.29) is 22.8 Å². The monoisotopic (exact) mass is 497 g/mol. The Morgan fingerprint density at radius 1 is 1.19 bits per heavy atom. The average molecular weight is 498 g/mol. The summed E-state index contributed by atoms with van der Waals surface area (Å²) in [6, 6.07) is 18.9. The predicted molar refractivity (Wildman–Crippen MR) is 145 cm³/mol. The molecular weight excluding hydrogens is 462 g/mol. The van der Waals surface area contributed by atoms with Gasteiger partial charge in [0.25, 0.3) is 5.91 Å². The second kappa shape index (κ2) is 10.1. The number of benzene rings is 2. The molecule has 2 atom stereocenters. The second-order valence-corrected chi connectivity index (χ2v) is 10.6. The summed E-state index contributed by atoms with van der Waals surface area (Å²) in [6.45, 7) is 8.99. The molecule has 0 saturated carbocycles. The Hall–Kier alpha value is -3.55. The van der Waals surface area contributed by atoms with Gasteiger partial charge in [-0.25, -0.2) is 9.67 Å². The number of ether oxygens (including phenoxy) is 1. The van der Waals surface area contributed by atoms with Gasteiger partial charge in [0.05, 0.1) is 18.4 Å². The highest BCUT2D eigenvalue weighted by molar-refractivity contribution is 5.88.